The van der Waals surface area contributed by atoms with Crippen LogP contribution in [0.15, 0.2) is 72.8 Å². The minimum absolute atomic E-state index is 0.000671. The van der Waals surface area contributed by atoms with E-state index in [2.05, 4.69) is 55.1 Å². The molecule has 4 rings (SSSR count). The first-order valence-electron chi connectivity index (χ1n) is 9.63. The fraction of sp³-hybridized carbons (Fsp3) is 0.375. The summed E-state index contributed by atoms with van der Waals surface area (Å²) in [5, 5.41) is 0. The number of hydrogen-bond acceptors (Lipinski definition) is 3. The van der Waals surface area contributed by atoms with Crippen LogP contribution in [-0.4, -0.2) is 24.8 Å². The molecule has 2 fully saturated rings. The fourth-order valence-electron chi connectivity index (χ4n) is 4.66. The molecule has 2 aromatic rings. The predicted molar refractivity (Wildman–Crippen MR) is 105 cm³/mol. The summed E-state index contributed by atoms with van der Waals surface area (Å²) >= 11 is 0. The number of carbonyl (C=O) groups is 1. The van der Waals surface area contributed by atoms with Gasteiger partial charge in [-0.1, -0.05) is 67.2 Å². The summed E-state index contributed by atoms with van der Waals surface area (Å²) in [4.78, 5) is 12.4. The van der Waals surface area contributed by atoms with Crippen molar-refractivity contribution in [2.75, 3.05) is 6.61 Å². The standard InChI is InChI=1S/C24H26O3/c1-17(2)23(25)27-22-21-20(16-26-21)15-24(22,13-18-9-5-3-6-10-18)14-19-11-7-4-8-12-19/h3-12,20-22H,1,13-16H2,2H3/t20?,21-,22-/m1/s1. The molecule has 140 valence electrons. The molecular weight excluding hydrogens is 336 g/mol. The largest absolute Gasteiger partial charge is 0.456 e. The molecule has 1 aliphatic carbocycles. The van der Waals surface area contributed by atoms with Crippen LogP contribution in [0.1, 0.15) is 24.5 Å². The Morgan fingerprint density at radius 3 is 2.07 bits per heavy atom. The molecule has 1 unspecified atom stereocenters. The summed E-state index contributed by atoms with van der Waals surface area (Å²) in [5.74, 6) is 0.141. The fourth-order valence-corrected chi connectivity index (χ4v) is 4.66. The lowest BCUT2D eigenvalue weighted by Gasteiger charge is -2.38. The number of carbonyl (C=O) groups excluding carboxylic acids is 1. The van der Waals surface area contributed by atoms with Crippen molar-refractivity contribution in [2.45, 2.75) is 38.4 Å². The third-order valence-corrected chi connectivity index (χ3v) is 5.92. The van der Waals surface area contributed by atoms with Crippen LogP contribution in [0.5, 0.6) is 0 Å². The van der Waals surface area contributed by atoms with Gasteiger partial charge in [-0.25, -0.2) is 4.79 Å². The van der Waals surface area contributed by atoms with Crippen LogP contribution in [0.4, 0.5) is 0 Å². The molecule has 1 aliphatic heterocycles. The van der Waals surface area contributed by atoms with E-state index in [1.54, 1.807) is 6.92 Å². The van der Waals surface area contributed by atoms with Gasteiger partial charge in [0.15, 0.2) is 0 Å². The molecule has 0 radical (unpaired) electrons. The highest BCUT2D eigenvalue weighted by Crippen LogP contribution is 2.53. The lowest BCUT2D eigenvalue weighted by Crippen LogP contribution is -2.48. The van der Waals surface area contributed by atoms with Gasteiger partial charge < -0.3 is 9.47 Å². The van der Waals surface area contributed by atoms with Crippen LogP contribution in [0.2, 0.25) is 0 Å². The molecule has 2 aliphatic rings. The van der Waals surface area contributed by atoms with E-state index in [1.165, 1.54) is 11.1 Å². The van der Waals surface area contributed by atoms with Crippen molar-refractivity contribution in [3.05, 3.63) is 83.9 Å². The molecule has 1 heterocycles. The molecule has 3 heteroatoms. The molecule has 0 spiro atoms. The molecular formula is C24H26O3. The lowest BCUT2D eigenvalue weighted by atomic mass is 9.73. The van der Waals surface area contributed by atoms with Gasteiger partial charge in [0.1, 0.15) is 12.2 Å². The van der Waals surface area contributed by atoms with Gasteiger partial charge in [0, 0.05) is 16.9 Å². The van der Waals surface area contributed by atoms with Crippen LogP contribution in [-0.2, 0) is 27.1 Å². The molecule has 0 N–H and O–H groups in total. The Labute approximate surface area is 161 Å². The highest BCUT2D eigenvalue weighted by atomic mass is 16.6. The lowest BCUT2D eigenvalue weighted by molar-refractivity contribution is -0.178. The zero-order chi connectivity index (χ0) is 18.9. The minimum atomic E-state index is -0.318. The van der Waals surface area contributed by atoms with E-state index < -0.39 is 0 Å². The minimum Gasteiger partial charge on any atom is -0.456 e. The van der Waals surface area contributed by atoms with Crippen molar-refractivity contribution >= 4 is 5.97 Å². The Morgan fingerprint density at radius 2 is 1.63 bits per heavy atom. The quantitative estimate of drug-likeness (QED) is 0.566. The Bertz CT molecular complexity index is 771. The Kier molecular flexibility index (Phi) is 4.88. The third-order valence-electron chi connectivity index (χ3n) is 5.92. The first-order valence-corrected chi connectivity index (χ1v) is 9.63. The second-order valence-corrected chi connectivity index (χ2v) is 8.06. The van der Waals surface area contributed by atoms with Crippen LogP contribution in [0.3, 0.4) is 0 Å². The topological polar surface area (TPSA) is 35.5 Å². The maximum absolute atomic E-state index is 12.4. The molecule has 0 amide bonds. The third kappa shape index (κ3) is 3.57. The number of rotatable bonds is 6. The number of benzene rings is 2. The summed E-state index contributed by atoms with van der Waals surface area (Å²) in [6.45, 7) is 6.22. The van der Waals surface area contributed by atoms with E-state index >= 15 is 0 Å². The number of ether oxygens (including phenoxy) is 2. The zero-order valence-corrected chi connectivity index (χ0v) is 15.8. The van der Waals surface area contributed by atoms with Crippen molar-refractivity contribution in [3.63, 3.8) is 0 Å². The molecule has 1 saturated carbocycles. The van der Waals surface area contributed by atoms with E-state index in [9.17, 15) is 4.79 Å². The molecule has 0 bridgehead atoms. The summed E-state index contributed by atoms with van der Waals surface area (Å²) in [5.41, 5.74) is 2.81. The Hall–Kier alpha value is -2.39. The highest BCUT2D eigenvalue weighted by Gasteiger charge is 2.59. The summed E-state index contributed by atoms with van der Waals surface area (Å²) in [7, 11) is 0. The first kappa shape index (κ1) is 18.0. The van der Waals surface area contributed by atoms with E-state index in [1.807, 2.05) is 12.1 Å². The second kappa shape index (κ2) is 7.32. The number of fused-ring (bicyclic) bond motifs is 1. The normalized spacial score (nSPS) is 25.3. The van der Waals surface area contributed by atoms with Crippen LogP contribution >= 0.6 is 0 Å². The Balaban J connectivity index is 1.70. The highest BCUT2D eigenvalue weighted by molar-refractivity contribution is 5.87. The van der Waals surface area contributed by atoms with Crippen LogP contribution in [0, 0.1) is 11.3 Å². The summed E-state index contributed by atoms with van der Waals surface area (Å²) in [6.07, 6.45) is 2.50. The maximum atomic E-state index is 12.4. The van der Waals surface area contributed by atoms with E-state index in [0.29, 0.717) is 11.5 Å². The van der Waals surface area contributed by atoms with Gasteiger partial charge in [0.05, 0.1) is 6.61 Å². The molecule has 0 aromatic heterocycles. The van der Waals surface area contributed by atoms with Crippen LogP contribution < -0.4 is 0 Å². The van der Waals surface area contributed by atoms with Crippen molar-refractivity contribution < 1.29 is 14.3 Å². The number of hydrogen-bond donors (Lipinski definition) is 0. The molecule has 3 nitrogen and oxygen atoms in total. The molecule has 1 saturated heterocycles. The second-order valence-electron chi connectivity index (χ2n) is 8.06. The van der Waals surface area contributed by atoms with Gasteiger partial charge in [-0.3, -0.25) is 0 Å². The molecule has 3 atom stereocenters. The first-order chi connectivity index (χ1) is 13.1. The van der Waals surface area contributed by atoms with Gasteiger partial charge in [-0.2, -0.15) is 0 Å². The smallest absolute Gasteiger partial charge is 0.333 e. The monoisotopic (exact) mass is 362 g/mol. The van der Waals surface area contributed by atoms with E-state index in [-0.39, 0.29) is 23.6 Å². The van der Waals surface area contributed by atoms with Crippen molar-refractivity contribution in [2.24, 2.45) is 11.3 Å². The van der Waals surface area contributed by atoms with Gasteiger partial charge in [0.2, 0.25) is 0 Å². The molecule has 27 heavy (non-hydrogen) atoms. The van der Waals surface area contributed by atoms with Gasteiger partial charge >= 0.3 is 5.97 Å². The van der Waals surface area contributed by atoms with E-state index in [4.69, 9.17) is 9.47 Å². The van der Waals surface area contributed by atoms with E-state index in [0.717, 1.165) is 25.9 Å². The van der Waals surface area contributed by atoms with Gasteiger partial charge in [-0.15, -0.1) is 0 Å². The SMILES string of the molecule is C=C(C)C(=O)O[C@@H]1[C@@H]2OCC2CC1(Cc1ccccc1)Cc1ccccc1. The van der Waals surface area contributed by atoms with Gasteiger partial charge in [-0.05, 0) is 37.3 Å². The average molecular weight is 362 g/mol. The summed E-state index contributed by atoms with van der Waals surface area (Å²) < 4.78 is 11.9. The Morgan fingerprint density at radius 1 is 1.07 bits per heavy atom. The maximum Gasteiger partial charge on any atom is 0.333 e. The van der Waals surface area contributed by atoms with Crippen molar-refractivity contribution in [1.29, 1.82) is 0 Å². The predicted octanol–water partition coefficient (Wildman–Crippen LogP) is 4.36. The molecule has 2 aromatic carbocycles. The van der Waals surface area contributed by atoms with Crippen LogP contribution in [0.25, 0.3) is 0 Å². The zero-order valence-electron chi connectivity index (χ0n) is 15.8. The van der Waals surface area contributed by atoms with Crippen molar-refractivity contribution in [3.8, 4) is 0 Å². The van der Waals surface area contributed by atoms with Gasteiger partial charge in [0.25, 0.3) is 0 Å². The van der Waals surface area contributed by atoms with Crippen molar-refractivity contribution in [1.82, 2.24) is 0 Å². The summed E-state index contributed by atoms with van der Waals surface area (Å²) in [6, 6.07) is 21.0. The average Bonchev–Trinajstić information content (AvgIpc) is 2.84. The number of esters is 1.